The highest BCUT2D eigenvalue weighted by molar-refractivity contribution is 5.94. The molecule has 0 aliphatic rings. The zero-order valence-corrected chi connectivity index (χ0v) is 11.7. The van der Waals surface area contributed by atoms with Crippen molar-refractivity contribution < 1.29 is 13.9 Å². The third-order valence-electron chi connectivity index (χ3n) is 3.00. The van der Waals surface area contributed by atoms with Gasteiger partial charge in [0.25, 0.3) is 5.91 Å². The van der Waals surface area contributed by atoms with Crippen LogP contribution in [0, 0.1) is 12.7 Å². The smallest absolute Gasteiger partial charge is 0.251 e. The molecule has 0 atom stereocenters. The van der Waals surface area contributed by atoms with Crippen LogP contribution in [0.15, 0.2) is 42.5 Å². The fraction of sp³-hybridized carbons (Fsp3) is 0.188. The Morgan fingerprint density at radius 2 is 1.95 bits per heavy atom. The number of halogens is 1. The Kier molecular flexibility index (Phi) is 4.77. The van der Waals surface area contributed by atoms with Crippen molar-refractivity contribution in [2.75, 3.05) is 18.9 Å². The highest BCUT2D eigenvalue weighted by Gasteiger charge is 2.04. The molecule has 2 rings (SSSR count). The molecule has 0 spiro atoms. The first-order valence-corrected chi connectivity index (χ1v) is 6.59. The largest absolute Gasteiger partial charge is 0.492 e. The molecule has 1 amide bonds. The Hall–Kier alpha value is -2.56. The number of ether oxygens (including phenoxy) is 1. The van der Waals surface area contributed by atoms with Crippen molar-refractivity contribution in [2.45, 2.75) is 6.92 Å². The van der Waals surface area contributed by atoms with Crippen molar-refractivity contribution in [2.24, 2.45) is 0 Å². The molecule has 0 fully saturated rings. The Labute approximate surface area is 122 Å². The lowest BCUT2D eigenvalue weighted by atomic mass is 10.2. The van der Waals surface area contributed by atoms with Gasteiger partial charge in [0, 0.05) is 11.3 Å². The van der Waals surface area contributed by atoms with Gasteiger partial charge >= 0.3 is 0 Å². The average molecular weight is 288 g/mol. The van der Waals surface area contributed by atoms with Gasteiger partial charge in [-0.05, 0) is 55.0 Å². The lowest BCUT2D eigenvalue weighted by Crippen LogP contribution is -2.28. The standard InChI is InChI=1S/C16H17FN2O2/c1-11-10-14(6-7-15(11)18)21-9-8-19-16(20)12-2-4-13(17)5-3-12/h2-7,10H,8-9,18H2,1H3,(H,19,20). The summed E-state index contributed by atoms with van der Waals surface area (Å²) in [6, 6.07) is 10.8. The third kappa shape index (κ3) is 4.21. The average Bonchev–Trinajstić information content (AvgIpc) is 2.47. The minimum Gasteiger partial charge on any atom is -0.492 e. The van der Waals surface area contributed by atoms with Crippen LogP contribution in [-0.2, 0) is 0 Å². The number of carbonyl (C=O) groups excluding carboxylic acids is 1. The maximum atomic E-state index is 12.7. The number of aryl methyl sites for hydroxylation is 1. The van der Waals surface area contributed by atoms with Crippen LogP contribution in [-0.4, -0.2) is 19.1 Å². The molecule has 4 nitrogen and oxygen atoms in total. The molecule has 21 heavy (non-hydrogen) atoms. The van der Waals surface area contributed by atoms with Crippen LogP contribution in [0.5, 0.6) is 5.75 Å². The Morgan fingerprint density at radius 3 is 2.62 bits per heavy atom. The molecule has 5 heteroatoms. The maximum Gasteiger partial charge on any atom is 0.251 e. The summed E-state index contributed by atoms with van der Waals surface area (Å²) in [5.41, 5.74) is 7.80. The highest BCUT2D eigenvalue weighted by Crippen LogP contribution is 2.18. The summed E-state index contributed by atoms with van der Waals surface area (Å²) in [6.07, 6.45) is 0. The van der Waals surface area contributed by atoms with Crippen LogP contribution in [0.3, 0.4) is 0 Å². The first kappa shape index (κ1) is 14.8. The molecule has 2 aromatic carbocycles. The molecule has 0 heterocycles. The number of anilines is 1. The predicted octanol–water partition coefficient (Wildman–Crippen LogP) is 2.53. The number of nitrogens with two attached hydrogens (primary N) is 1. The van der Waals surface area contributed by atoms with E-state index >= 15 is 0 Å². The van der Waals surface area contributed by atoms with E-state index in [0.717, 1.165) is 5.56 Å². The molecular formula is C16H17FN2O2. The van der Waals surface area contributed by atoms with Gasteiger partial charge in [-0.2, -0.15) is 0 Å². The molecule has 0 aliphatic carbocycles. The van der Waals surface area contributed by atoms with Crippen LogP contribution >= 0.6 is 0 Å². The van der Waals surface area contributed by atoms with E-state index in [0.29, 0.717) is 30.2 Å². The molecule has 0 bridgehead atoms. The molecule has 0 aromatic heterocycles. The summed E-state index contributed by atoms with van der Waals surface area (Å²) >= 11 is 0. The lowest BCUT2D eigenvalue weighted by molar-refractivity contribution is 0.0947. The normalized spacial score (nSPS) is 10.2. The van der Waals surface area contributed by atoms with Gasteiger partial charge in [-0.15, -0.1) is 0 Å². The molecule has 2 aromatic rings. The van der Waals surface area contributed by atoms with E-state index in [2.05, 4.69) is 5.32 Å². The van der Waals surface area contributed by atoms with Crippen molar-refractivity contribution in [1.29, 1.82) is 0 Å². The Bertz CT molecular complexity index is 627. The predicted molar refractivity (Wildman–Crippen MR) is 79.8 cm³/mol. The first-order chi connectivity index (χ1) is 10.1. The zero-order chi connectivity index (χ0) is 15.2. The van der Waals surface area contributed by atoms with E-state index in [-0.39, 0.29) is 11.7 Å². The minimum absolute atomic E-state index is 0.257. The molecular weight excluding hydrogens is 271 g/mol. The molecule has 0 aliphatic heterocycles. The van der Waals surface area contributed by atoms with Crippen LogP contribution in [0.25, 0.3) is 0 Å². The van der Waals surface area contributed by atoms with Gasteiger partial charge in [-0.1, -0.05) is 0 Å². The molecule has 110 valence electrons. The lowest BCUT2D eigenvalue weighted by Gasteiger charge is -2.09. The van der Waals surface area contributed by atoms with Crippen LogP contribution in [0.1, 0.15) is 15.9 Å². The fourth-order valence-electron chi connectivity index (χ4n) is 1.77. The third-order valence-corrected chi connectivity index (χ3v) is 3.00. The number of amides is 1. The summed E-state index contributed by atoms with van der Waals surface area (Å²) in [7, 11) is 0. The van der Waals surface area contributed by atoms with Crippen molar-refractivity contribution >= 4 is 11.6 Å². The van der Waals surface area contributed by atoms with E-state index < -0.39 is 0 Å². The van der Waals surface area contributed by atoms with Gasteiger partial charge in [-0.25, -0.2) is 4.39 Å². The fourth-order valence-corrected chi connectivity index (χ4v) is 1.77. The second-order valence-corrected chi connectivity index (χ2v) is 4.63. The van der Waals surface area contributed by atoms with Crippen LogP contribution in [0.4, 0.5) is 10.1 Å². The van der Waals surface area contributed by atoms with Crippen molar-refractivity contribution in [1.82, 2.24) is 5.32 Å². The number of hydrogen-bond donors (Lipinski definition) is 2. The molecule has 0 unspecified atom stereocenters. The van der Waals surface area contributed by atoms with Crippen molar-refractivity contribution in [3.05, 3.63) is 59.4 Å². The molecule has 0 radical (unpaired) electrons. The summed E-state index contributed by atoms with van der Waals surface area (Å²) < 4.78 is 18.3. The highest BCUT2D eigenvalue weighted by atomic mass is 19.1. The summed E-state index contributed by atoms with van der Waals surface area (Å²) in [5, 5.41) is 2.70. The minimum atomic E-state index is -0.367. The Morgan fingerprint density at radius 1 is 1.24 bits per heavy atom. The van der Waals surface area contributed by atoms with E-state index in [1.54, 1.807) is 12.1 Å². The topological polar surface area (TPSA) is 64.3 Å². The quantitative estimate of drug-likeness (QED) is 0.656. The molecule has 0 saturated carbocycles. The van der Waals surface area contributed by atoms with Gasteiger partial charge in [0.05, 0.1) is 6.54 Å². The van der Waals surface area contributed by atoms with Gasteiger partial charge in [0.2, 0.25) is 0 Å². The second-order valence-electron chi connectivity index (χ2n) is 4.63. The SMILES string of the molecule is Cc1cc(OCCNC(=O)c2ccc(F)cc2)ccc1N. The van der Waals surface area contributed by atoms with Gasteiger partial charge in [-0.3, -0.25) is 4.79 Å². The van der Waals surface area contributed by atoms with E-state index in [4.69, 9.17) is 10.5 Å². The number of nitrogen functional groups attached to an aromatic ring is 1. The van der Waals surface area contributed by atoms with E-state index in [1.807, 2.05) is 13.0 Å². The Balaban J connectivity index is 1.77. The number of hydrogen-bond acceptors (Lipinski definition) is 3. The van der Waals surface area contributed by atoms with E-state index in [1.165, 1.54) is 24.3 Å². The monoisotopic (exact) mass is 288 g/mol. The van der Waals surface area contributed by atoms with Gasteiger partial charge in [0.15, 0.2) is 0 Å². The zero-order valence-electron chi connectivity index (χ0n) is 11.7. The number of carbonyl (C=O) groups is 1. The number of nitrogens with one attached hydrogen (secondary N) is 1. The van der Waals surface area contributed by atoms with Gasteiger partial charge < -0.3 is 15.8 Å². The molecule has 3 N–H and O–H groups in total. The van der Waals surface area contributed by atoms with Crippen molar-refractivity contribution in [3.63, 3.8) is 0 Å². The van der Waals surface area contributed by atoms with Crippen LogP contribution in [0.2, 0.25) is 0 Å². The van der Waals surface area contributed by atoms with Gasteiger partial charge in [0.1, 0.15) is 18.2 Å². The summed E-state index contributed by atoms with van der Waals surface area (Å²) in [4.78, 5) is 11.8. The number of benzene rings is 2. The second kappa shape index (κ2) is 6.74. The van der Waals surface area contributed by atoms with E-state index in [9.17, 15) is 9.18 Å². The molecule has 0 saturated heterocycles. The number of rotatable bonds is 5. The summed E-state index contributed by atoms with van der Waals surface area (Å²) in [6.45, 7) is 2.61. The summed E-state index contributed by atoms with van der Waals surface area (Å²) in [5.74, 6) is 0.0819. The van der Waals surface area contributed by atoms with Crippen LogP contribution < -0.4 is 15.8 Å². The maximum absolute atomic E-state index is 12.7. The van der Waals surface area contributed by atoms with Crippen molar-refractivity contribution in [3.8, 4) is 5.75 Å². The first-order valence-electron chi connectivity index (χ1n) is 6.59.